The SMILES string of the molecule is C[C@H](C(=O)Nc1cc([N+](=O)[O-])ccc1Cl)N(c1ccc(F)cc1)S(C)(=O)=O. The number of nitrogens with zero attached hydrogens (tertiary/aromatic N) is 2. The number of sulfonamides is 1. The van der Waals surface area contributed by atoms with E-state index in [0.29, 0.717) is 0 Å². The van der Waals surface area contributed by atoms with Gasteiger partial charge in [0, 0.05) is 12.1 Å². The molecule has 1 atom stereocenters. The summed E-state index contributed by atoms with van der Waals surface area (Å²) in [6, 6.07) is 6.82. The van der Waals surface area contributed by atoms with Crippen LogP contribution < -0.4 is 9.62 Å². The molecule has 0 bridgehead atoms. The summed E-state index contributed by atoms with van der Waals surface area (Å²) in [6.07, 6.45) is 0.903. The van der Waals surface area contributed by atoms with Crippen molar-refractivity contribution in [2.24, 2.45) is 0 Å². The Morgan fingerprint density at radius 1 is 1.26 bits per heavy atom. The first kappa shape index (κ1) is 20.6. The molecule has 2 rings (SSSR count). The van der Waals surface area contributed by atoms with E-state index in [1.165, 1.54) is 31.2 Å². The lowest BCUT2D eigenvalue weighted by Gasteiger charge is -2.28. The molecule has 0 unspecified atom stereocenters. The number of nitro benzene ring substituents is 1. The van der Waals surface area contributed by atoms with Crippen molar-refractivity contribution in [2.45, 2.75) is 13.0 Å². The summed E-state index contributed by atoms with van der Waals surface area (Å²) >= 11 is 5.94. The van der Waals surface area contributed by atoms with E-state index >= 15 is 0 Å². The van der Waals surface area contributed by atoms with E-state index in [4.69, 9.17) is 11.6 Å². The van der Waals surface area contributed by atoms with Gasteiger partial charge in [-0.15, -0.1) is 0 Å². The molecule has 0 aliphatic carbocycles. The van der Waals surface area contributed by atoms with E-state index < -0.39 is 32.7 Å². The molecule has 144 valence electrons. The molecular formula is C16H15ClFN3O5S. The maximum atomic E-state index is 13.1. The fourth-order valence-corrected chi connectivity index (χ4v) is 3.70. The average molecular weight is 416 g/mol. The maximum absolute atomic E-state index is 13.1. The highest BCUT2D eigenvalue weighted by molar-refractivity contribution is 7.92. The highest BCUT2D eigenvalue weighted by atomic mass is 35.5. The van der Waals surface area contributed by atoms with Crippen LogP contribution >= 0.6 is 11.6 Å². The first-order valence-corrected chi connectivity index (χ1v) is 9.73. The van der Waals surface area contributed by atoms with Crippen LogP contribution in [-0.2, 0) is 14.8 Å². The van der Waals surface area contributed by atoms with Crippen molar-refractivity contribution >= 4 is 44.6 Å². The third-order valence-electron chi connectivity index (χ3n) is 3.59. The van der Waals surface area contributed by atoms with Crippen LogP contribution in [0.5, 0.6) is 0 Å². The summed E-state index contributed by atoms with van der Waals surface area (Å²) < 4.78 is 38.3. The number of non-ortho nitro benzene ring substituents is 1. The van der Waals surface area contributed by atoms with E-state index in [1.807, 2.05) is 0 Å². The fraction of sp³-hybridized carbons (Fsp3) is 0.188. The summed E-state index contributed by atoms with van der Waals surface area (Å²) in [6.45, 7) is 1.32. The van der Waals surface area contributed by atoms with Gasteiger partial charge in [-0.1, -0.05) is 11.6 Å². The maximum Gasteiger partial charge on any atom is 0.271 e. The molecule has 11 heteroatoms. The van der Waals surface area contributed by atoms with Crippen molar-refractivity contribution in [3.05, 3.63) is 63.4 Å². The van der Waals surface area contributed by atoms with Gasteiger partial charge in [-0.25, -0.2) is 12.8 Å². The molecule has 1 N–H and O–H groups in total. The van der Waals surface area contributed by atoms with Gasteiger partial charge in [0.15, 0.2) is 0 Å². The lowest BCUT2D eigenvalue weighted by Crippen LogP contribution is -2.45. The van der Waals surface area contributed by atoms with E-state index in [-0.39, 0.29) is 22.1 Å². The van der Waals surface area contributed by atoms with Gasteiger partial charge in [-0.2, -0.15) is 0 Å². The quantitative estimate of drug-likeness (QED) is 0.575. The standard InChI is InChI=1S/C16H15ClFN3O5S/c1-10(20(27(2,25)26)12-5-3-11(18)4-6-12)16(22)19-15-9-13(21(23)24)7-8-14(15)17/h3-10H,1-2H3,(H,19,22)/t10-/m1/s1. The molecule has 0 saturated carbocycles. The van der Waals surface area contributed by atoms with Crippen molar-refractivity contribution in [1.29, 1.82) is 0 Å². The smallest absolute Gasteiger partial charge is 0.271 e. The molecule has 0 aliphatic heterocycles. The minimum absolute atomic E-state index is 0.0322. The van der Waals surface area contributed by atoms with Crippen LogP contribution in [0.15, 0.2) is 42.5 Å². The zero-order valence-electron chi connectivity index (χ0n) is 14.2. The molecule has 0 heterocycles. The van der Waals surface area contributed by atoms with Gasteiger partial charge in [0.2, 0.25) is 15.9 Å². The summed E-state index contributed by atoms with van der Waals surface area (Å²) in [5.41, 5.74) is -0.234. The van der Waals surface area contributed by atoms with Crippen LogP contribution in [0.1, 0.15) is 6.92 Å². The number of anilines is 2. The zero-order valence-corrected chi connectivity index (χ0v) is 15.8. The minimum Gasteiger partial charge on any atom is -0.323 e. The number of nitrogens with one attached hydrogen (secondary N) is 1. The highest BCUT2D eigenvalue weighted by Crippen LogP contribution is 2.28. The Balaban J connectivity index is 2.34. The molecule has 0 saturated heterocycles. The molecule has 8 nitrogen and oxygen atoms in total. The number of hydrogen-bond donors (Lipinski definition) is 1. The predicted molar refractivity (Wildman–Crippen MR) is 99.9 cm³/mol. The van der Waals surface area contributed by atoms with Crippen molar-refractivity contribution in [3.63, 3.8) is 0 Å². The van der Waals surface area contributed by atoms with E-state index in [1.54, 1.807) is 0 Å². The van der Waals surface area contributed by atoms with Gasteiger partial charge >= 0.3 is 0 Å². The number of carbonyl (C=O) groups is 1. The van der Waals surface area contributed by atoms with Crippen molar-refractivity contribution in [2.75, 3.05) is 15.9 Å². The van der Waals surface area contributed by atoms with Crippen molar-refractivity contribution in [3.8, 4) is 0 Å². The van der Waals surface area contributed by atoms with E-state index in [2.05, 4.69) is 5.32 Å². The van der Waals surface area contributed by atoms with Crippen LogP contribution in [0.4, 0.5) is 21.5 Å². The summed E-state index contributed by atoms with van der Waals surface area (Å²) in [5, 5.41) is 13.3. The van der Waals surface area contributed by atoms with E-state index in [9.17, 15) is 27.7 Å². The molecule has 0 fully saturated rings. The van der Waals surface area contributed by atoms with Crippen molar-refractivity contribution < 1.29 is 22.5 Å². The Labute approximate surface area is 159 Å². The van der Waals surface area contributed by atoms with Gasteiger partial charge in [0.05, 0.1) is 27.6 Å². The second-order valence-corrected chi connectivity index (χ2v) is 7.89. The van der Waals surface area contributed by atoms with Crippen LogP contribution in [0.2, 0.25) is 5.02 Å². The monoisotopic (exact) mass is 415 g/mol. The molecular weight excluding hydrogens is 401 g/mol. The van der Waals surface area contributed by atoms with Gasteiger partial charge in [-0.05, 0) is 37.3 Å². The second kappa shape index (κ2) is 7.89. The number of amides is 1. The Hall–Kier alpha value is -2.72. The highest BCUT2D eigenvalue weighted by Gasteiger charge is 2.29. The number of rotatable bonds is 6. The fourth-order valence-electron chi connectivity index (χ4n) is 2.36. The van der Waals surface area contributed by atoms with E-state index in [0.717, 1.165) is 28.8 Å². The normalized spacial score (nSPS) is 12.3. The third-order valence-corrected chi connectivity index (χ3v) is 5.16. The van der Waals surface area contributed by atoms with Crippen LogP contribution in [0, 0.1) is 15.9 Å². The molecule has 1 amide bonds. The number of hydrogen-bond acceptors (Lipinski definition) is 5. The van der Waals surface area contributed by atoms with Gasteiger partial charge in [0.25, 0.3) is 5.69 Å². The topological polar surface area (TPSA) is 110 Å². The Morgan fingerprint density at radius 2 is 1.85 bits per heavy atom. The minimum atomic E-state index is -3.89. The summed E-state index contributed by atoms with van der Waals surface area (Å²) in [7, 11) is -3.89. The largest absolute Gasteiger partial charge is 0.323 e. The van der Waals surface area contributed by atoms with Gasteiger partial charge in [-0.3, -0.25) is 19.2 Å². The van der Waals surface area contributed by atoms with Crippen LogP contribution in [-0.4, -0.2) is 31.5 Å². The number of nitro groups is 1. The molecule has 0 aliphatic rings. The number of benzene rings is 2. The van der Waals surface area contributed by atoms with Gasteiger partial charge < -0.3 is 5.32 Å². The molecule has 2 aromatic carbocycles. The predicted octanol–water partition coefficient (Wildman–Crippen LogP) is 3.18. The Bertz CT molecular complexity index is 982. The average Bonchev–Trinajstić information content (AvgIpc) is 2.57. The Morgan fingerprint density at radius 3 is 2.37 bits per heavy atom. The molecule has 27 heavy (non-hydrogen) atoms. The first-order chi connectivity index (χ1) is 12.5. The molecule has 0 spiro atoms. The molecule has 0 radical (unpaired) electrons. The zero-order chi connectivity index (χ0) is 20.4. The van der Waals surface area contributed by atoms with Crippen molar-refractivity contribution in [1.82, 2.24) is 0 Å². The first-order valence-electron chi connectivity index (χ1n) is 7.50. The number of carbonyl (C=O) groups excluding carboxylic acids is 1. The number of halogens is 2. The third kappa shape index (κ3) is 4.92. The Kier molecular flexibility index (Phi) is 6.01. The lowest BCUT2D eigenvalue weighted by atomic mass is 10.2. The molecule has 0 aromatic heterocycles. The van der Waals surface area contributed by atoms with Gasteiger partial charge in [0.1, 0.15) is 11.9 Å². The van der Waals surface area contributed by atoms with Crippen LogP contribution in [0.3, 0.4) is 0 Å². The lowest BCUT2D eigenvalue weighted by molar-refractivity contribution is -0.384. The second-order valence-electron chi connectivity index (χ2n) is 5.62. The summed E-state index contributed by atoms with van der Waals surface area (Å²) in [4.78, 5) is 22.8. The molecule has 2 aromatic rings. The summed E-state index contributed by atoms with van der Waals surface area (Å²) in [5.74, 6) is -1.33. The van der Waals surface area contributed by atoms with Crippen LogP contribution in [0.25, 0.3) is 0 Å².